The van der Waals surface area contributed by atoms with Gasteiger partial charge in [-0.3, -0.25) is 0 Å². The molecule has 1 saturated carbocycles. The van der Waals surface area contributed by atoms with Crippen LogP contribution in [0.4, 0.5) is 4.79 Å². The lowest BCUT2D eigenvalue weighted by Gasteiger charge is -2.22. The van der Waals surface area contributed by atoms with E-state index in [0.29, 0.717) is 12.0 Å². The SMILES string of the molecule is CCCCOC(=O)N1CC2(CC2)CC1CO. The number of aliphatic hydroxyl groups is 1. The third kappa shape index (κ3) is 2.32. The summed E-state index contributed by atoms with van der Waals surface area (Å²) >= 11 is 0. The minimum Gasteiger partial charge on any atom is -0.449 e. The van der Waals surface area contributed by atoms with Crippen LogP contribution in [0.25, 0.3) is 0 Å². The molecule has 0 bridgehead atoms. The Morgan fingerprint density at radius 2 is 2.31 bits per heavy atom. The van der Waals surface area contributed by atoms with Gasteiger partial charge in [-0.05, 0) is 31.1 Å². The van der Waals surface area contributed by atoms with Crippen molar-refractivity contribution < 1.29 is 14.6 Å². The van der Waals surface area contributed by atoms with Crippen molar-refractivity contribution in [3.63, 3.8) is 0 Å². The van der Waals surface area contributed by atoms with Crippen molar-refractivity contribution in [1.82, 2.24) is 4.90 Å². The summed E-state index contributed by atoms with van der Waals surface area (Å²) < 4.78 is 5.20. The first-order chi connectivity index (χ1) is 7.71. The molecule has 2 aliphatic rings. The highest BCUT2D eigenvalue weighted by Gasteiger charge is 2.53. The van der Waals surface area contributed by atoms with Crippen molar-refractivity contribution in [3.8, 4) is 0 Å². The Kier molecular flexibility index (Phi) is 3.38. The molecule has 1 N–H and O–H groups in total. The number of carbonyl (C=O) groups is 1. The Morgan fingerprint density at radius 1 is 1.56 bits per heavy atom. The van der Waals surface area contributed by atoms with Gasteiger partial charge in [0.2, 0.25) is 0 Å². The van der Waals surface area contributed by atoms with Gasteiger partial charge in [0, 0.05) is 6.54 Å². The predicted molar refractivity (Wildman–Crippen MR) is 60.1 cm³/mol. The standard InChI is InChI=1S/C12H21NO3/c1-2-3-6-16-11(15)13-9-12(4-5-12)7-10(13)8-14/h10,14H,2-9H2,1H3. The molecule has 1 atom stereocenters. The quantitative estimate of drug-likeness (QED) is 0.745. The first-order valence-electron chi connectivity index (χ1n) is 6.25. The summed E-state index contributed by atoms with van der Waals surface area (Å²) in [7, 11) is 0. The molecule has 2 rings (SSSR count). The van der Waals surface area contributed by atoms with E-state index in [1.54, 1.807) is 4.90 Å². The van der Waals surface area contributed by atoms with E-state index in [1.165, 1.54) is 12.8 Å². The predicted octanol–water partition coefficient (Wildman–Crippen LogP) is 1.77. The number of hydrogen-bond acceptors (Lipinski definition) is 3. The molecule has 92 valence electrons. The van der Waals surface area contributed by atoms with Crippen LogP contribution in [0.1, 0.15) is 39.0 Å². The van der Waals surface area contributed by atoms with Gasteiger partial charge in [0.1, 0.15) is 0 Å². The van der Waals surface area contributed by atoms with Crippen molar-refractivity contribution in [2.75, 3.05) is 19.8 Å². The molecule has 0 aromatic heterocycles. The minimum absolute atomic E-state index is 0.0170. The summed E-state index contributed by atoms with van der Waals surface area (Å²) in [5.41, 5.74) is 0.331. The maximum Gasteiger partial charge on any atom is 0.410 e. The number of nitrogens with zero attached hydrogens (tertiary/aromatic N) is 1. The summed E-state index contributed by atoms with van der Waals surface area (Å²) in [5.74, 6) is 0. The Morgan fingerprint density at radius 3 is 2.88 bits per heavy atom. The van der Waals surface area contributed by atoms with Gasteiger partial charge in [-0.2, -0.15) is 0 Å². The average molecular weight is 227 g/mol. The molecule has 4 heteroatoms. The first kappa shape index (κ1) is 11.7. The molecule has 1 spiro atoms. The van der Waals surface area contributed by atoms with Gasteiger partial charge < -0.3 is 14.7 Å². The Labute approximate surface area is 96.6 Å². The number of rotatable bonds is 4. The highest BCUT2D eigenvalue weighted by atomic mass is 16.6. The molecule has 1 aliphatic heterocycles. The van der Waals surface area contributed by atoms with Gasteiger partial charge in [-0.15, -0.1) is 0 Å². The average Bonchev–Trinajstić information content (AvgIpc) is 2.91. The molecule has 1 aliphatic carbocycles. The Balaban J connectivity index is 1.84. The maximum atomic E-state index is 11.8. The summed E-state index contributed by atoms with van der Waals surface area (Å²) in [6.07, 6.45) is 5.04. The molecule has 1 saturated heterocycles. The zero-order chi connectivity index (χ0) is 11.6. The van der Waals surface area contributed by atoms with Crippen molar-refractivity contribution in [1.29, 1.82) is 0 Å². The minimum atomic E-state index is -0.240. The zero-order valence-electron chi connectivity index (χ0n) is 9.95. The van der Waals surface area contributed by atoms with Crippen molar-refractivity contribution >= 4 is 6.09 Å². The fourth-order valence-corrected chi connectivity index (χ4v) is 2.47. The molecule has 0 aromatic carbocycles. The molecule has 0 aromatic rings. The van der Waals surface area contributed by atoms with E-state index >= 15 is 0 Å². The number of carbonyl (C=O) groups excluding carboxylic acids is 1. The molecule has 1 unspecified atom stereocenters. The van der Waals surface area contributed by atoms with Crippen molar-refractivity contribution in [2.45, 2.75) is 45.1 Å². The second kappa shape index (κ2) is 4.62. The van der Waals surface area contributed by atoms with E-state index < -0.39 is 0 Å². The van der Waals surface area contributed by atoms with Crippen LogP contribution in [-0.4, -0.2) is 41.9 Å². The number of amides is 1. The summed E-state index contributed by atoms with van der Waals surface area (Å²) in [4.78, 5) is 13.5. The molecular weight excluding hydrogens is 206 g/mol. The molecule has 16 heavy (non-hydrogen) atoms. The van der Waals surface area contributed by atoms with Gasteiger partial charge in [0.25, 0.3) is 0 Å². The van der Waals surface area contributed by atoms with Crippen LogP contribution in [0.5, 0.6) is 0 Å². The second-order valence-electron chi connectivity index (χ2n) is 5.14. The topological polar surface area (TPSA) is 49.8 Å². The monoisotopic (exact) mass is 227 g/mol. The summed E-state index contributed by atoms with van der Waals surface area (Å²) in [5, 5.41) is 9.27. The van der Waals surface area contributed by atoms with Crippen LogP contribution < -0.4 is 0 Å². The van der Waals surface area contributed by atoms with Crippen LogP contribution in [0, 0.1) is 5.41 Å². The highest BCUT2D eigenvalue weighted by molar-refractivity contribution is 5.68. The largest absolute Gasteiger partial charge is 0.449 e. The molecule has 0 radical (unpaired) electrons. The molecule has 1 heterocycles. The lowest BCUT2D eigenvalue weighted by atomic mass is 10.0. The highest BCUT2D eigenvalue weighted by Crippen LogP contribution is 2.54. The number of unbranched alkanes of at least 4 members (excludes halogenated alkanes) is 1. The van der Waals surface area contributed by atoms with Crippen LogP contribution in [0.2, 0.25) is 0 Å². The number of likely N-dealkylation sites (tertiary alicyclic amines) is 1. The fourth-order valence-electron chi connectivity index (χ4n) is 2.47. The molecule has 4 nitrogen and oxygen atoms in total. The normalized spacial score (nSPS) is 26.1. The van der Waals surface area contributed by atoms with Crippen LogP contribution in [-0.2, 0) is 4.74 Å². The number of hydrogen-bond donors (Lipinski definition) is 1. The Hall–Kier alpha value is -0.770. The van der Waals surface area contributed by atoms with E-state index in [2.05, 4.69) is 6.92 Å². The van der Waals surface area contributed by atoms with E-state index in [4.69, 9.17) is 4.74 Å². The smallest absolute Gasteiger partial charge is 0.410 e. The van der Waals surface area contributed by atoms with Crippen LogP contribution in [0.3, 0.4) is 0 Å². The summed E-state index contributed by atoms with van der Waals surface area (Å²) in [6.45, 7) is 3.41. The fraction of sp³-hybridized carbons (Fsp3) is 0.917. The van der Waals surface area contributed by atoms with Gasteiger partial charge in [-0.1, -0.05) is 13.3 Å². The lowest BCUT2D eigenvalue weighted by molar-refractivity contribution is 0.0831. The molecular formula is C12H21NO3. The number of ether oxygens (including phenoxy) is 1. The third-order valence-corrected chi connectivity index (χ3v) is 3.74. The van der Waals surface area contributed by atoms with E-state index in [1.807, 2.05) is 0 Å². The van der Waals surface area contributed by atoms with Gasteiger partial charge >= 0.3 is 6.09 Å². The van der Waals surface area contributed by atoms with E-state index in [9.17, 15) is 9.90 Å². The van der Waals surface area contributed by atoms with Crippen LogP contribution >= 0.6 is 0 Å². The van der Waals surface area contributed by atoms with Gasteiger partial charge in [0.05, 0.1) is 19.3 Å². The first-order valence-corrected chi connectivity index (χ1v) is 6.25. The molecule has 1 amide bonds. The summed E-state index contributed by atoms with van der Waals surface area (Å²) in [6, 6.07) is -0.0170. The van der Waals surface area contributed by atoms with Crippen LogP contribution in [0.15, 0.2) is 0 Å². The number of aliphatic hydroxyl groups excluding tert-OH is 1. The third-order valence-electron chi connectivity index (χ3n) is 3.74. The Bertz CT molecular complexity index is 263. The van der Waals surface area contributed by atoms with Crippen molar-refractivity contribution in [2.24, 2.45) is 5.41 Å². The zero-order valence-corrected chi connectivity index (χ0v) is 9.95. The van der Waals surface area contributed by atoms with E-state index in [-0.39, 0.29) is 18.7 Å². The van der Waals surface area contributed by atoms with Gasteiger partial charge in [0.15, 0.2) is 0 Å². The van der Waals surface area contributed by atoms with Gasteiger partial charge in [-0.25, -0.2) is 4.79 Å². The molecule has 2 fully saturated rings. The lowest BCUT2D eigenvalue weighted by Crippen LogP contribution is -2.38. The maximum absolute atomic E-state index is 11.8. The second-order valence-corrected chi connectivity index (χ2v) is 5.14. The van der Waals surface area contributed by atoms with Crippen molar-refractivity contribution in [3.05, 3.63) is 0 Å². The van der Waals surface area contributed by atoms with E-state index in [0.717, 1.165) is 25.8 Å².